The molecule has 6 nitrogen and oxygen atoms in total. The molecule has 2 aliphatic carbocycles. The van der Waals surface area contributed by atoms with Crippen molar-refractivity contribution in [2.24, 2.45) is 17.8 Å². The van der Waals surface area contributed by atoms with Crippen LogP contribution in [0.1, 0.15) is 75.7 Å². The SMILES string of the molecule is C=CCCC1CCC(C2CCC(c3cc(OC(=O)C(=C)CO)ccc3-c3ccc(-c4ccc(OCCOC(=O)C=C)cc4)cc3)CC2)CC1. The number of aliphatic hydroxyl groups is 1. The second-order valence-corrected chi connectivity index (χ2v) is 13.5. The van der Waals surface area contributed by atoms with Crippen LogP contribution in [-0.2, 0) is 14.3 Å². The third-order valence-electron chi connectivity index (χ3n) is 10.4. The highest BCUT2D eigenvalue weighted by molar-refractivity contribution is 5.90. The first kappa shape index (κ1) is 35.9. The molecule has 258 valence electrons. The minimum Gasteiger partial charge on any atom is -0.490 e. The van der Waals surface area contributed by atoms with Gasteiger partial charge >= 0.3 is 11.9 Å². The Morgan fingerprint density at radius 3 is 1.96 bits per heavy atom. The van der Waals surface area contributed by atoms with Gasteiger partial charge in [0.2, 0.25) is 0 Å². The van der Waals surface area contributed by atoms with Gasteiger partial charge in [-0.05, 0) is 127 Å². The van der Waals surface area contributed by atoms with E-state index < -0.39 is 18.5 Å². The van der Waals surface area contributed by atoms with E-state index in [9.17, 15) is 14.7 Å². The normalized spacial score (nSPS) is 20.5. The molecule has 3 aromatic carbocycles. The summed E-state index contributed by atoms with van der Waals surface area (Å²) in [5.74, 6) is 2.99. The molecule has 0 amide bonds. The predicted octanol–water partition coefficient (Wildman–Crippen LogP) is 9.63. The van der Waals surface area contributed by atoms with E-state index in [1.165, 1.54) is 50.5 Å². The molecular formula is C43H50O6. The minimum absolute atomic E-state index is 0.0366. The van der Waals surface area contributed by atoms with Gasteiger partial charge in [0, 0.05) is 6.08 Å². The number of carbonyl (C=O) groups is 2. The van der Waals surface area contributed by atoms with Crippen LogP contribution in [0.15, 0.2) is 104 Å². The van der Waals surface area contributed by atoms with E-state index in [1.807, 2.05) is 36.4 Å². The van der Waals surface area contributed by atoms with E-state index in [1.54, 1.807) is 0 Å². The molecule has 2 saturated carbocycles. The lowest BCUT2D eigenvalue weighted by atomic mass is 9.67. The molecule has 0 bridgehead atoms. The zero-order valence-corrected chi connectivity index (χ0v) is 28.6. The number of allylic oxidation sites excluding steroid dienone is 1. The second-order valence-electron chi connectivity index (χ2n) is 13.5. The summed E-state index contributed by atoms with van der Waals surface area (Å²) in [6, 6.07) is 22.3. The molecule has 2 fully saturated rings. The van der Waals surface area contributed by atoms with Crippen molar-refractivity contribution in [3.05, 3.63) is 110 Å². The topological polar surface area (TPSA) is 82.1 Å². The van der Waals surface area contributed by atoms with Crippen LogP contribution < -0.4 is 9.47 Å². The van der Waals surface area contributed by atoms with Gasteiger partial charge in [0.1, 0.15) is 24.7 Å². The second kappa shape index (κ2) is 17.8. The van der Waals surface area contributed by atoms with Crippen molar-refractivity contribution in [2.45, 2.75) is 70.1 Å². The van der Waals surface area contributed by atoms with Crippen LogP contribution in [-0.4, -0.2) is 36.9 Å². The molecule has 1 N–H and O–H groups in total. The molecule has 6 heteroatoms. The number of hydrogen-bond acceptors (Lipinski definition) is 6. The van der Waals surface area contributed by atoms with Crippen molar-refractivity contribution in [3.63, 3.8) is 0 Å². The zero-order valence-electron chi connectivity index (χ0n) is 28.6. The highest BCUT2D eigenvalue weighted by Crippen LogP contribution is 2.47. The number of aliphatic hydroxyl groups excluding tert-OH is 1. The number of esters is 2. The molecule has 0 aromatic heterocycles. The Labute approximate surface area is 291 Å². The van der Waals surface area contributed by atoms with E-state index in [2.05, 4.69) is 56.1 Å². The first-order valence-corrected chi connectivity index (χ1v) is 17.8. The predicted molar refractivity (Wildman–Crippen MR) is 195 cm³/mol. The summed E-state index contributed by atoms with van der Waals surface area (Å²) in [7, 11) is 0. The molecule has 0 spiro atoms. The highest BCUT2D eigenvalue weighted by Gasteiger charge is 2.32. The largest absolute Gasteiger partial charge is 0.490 e. The summed E-state index contributed by atoms with van der Waals surface area (Å²) < 4.78 is 16.3. The van der Waals surface area contributed by atoms with Gasteiger partial charge in [0.05, 0.1) is 12.2 Å². The van der Waals surface area contributed by atoms with Crippen LogP contribution in [0.3, 0.4) is 0 Å². The molecule has 2 aliphatic rings. The molecule has 0 aliphatic heterocycles. The van der Waals surface area contributed by atoms with Crippen molar-refractivity contribution >= 4 is 11.9 Å². The van der Waals surface area contributed by atoms with Crippen molar-refractivity contribution < 1.29 is 28.9 Å². The van der Waals surface area contributed by atoms with Crippen LogP contribution in [0.5, 0.6) is 11.5 Å². The quantitative estimate of drug-likeness (QED) is 0.0574. The summed E-state index contributed by atoms with van der Waals surface area (Å²) in [6.45, 7) is 10.9. The van der Waals surface area contributed by atoms with E-state index in [0.29, 0.717) is 17.4 Å². The zero-order chi connectivity index (χ0) is 34.6. The number of ether oxygens (including phenoxy) is 3. The summed E-state index contributed by atoms with van der Waals surface area (Å²) in [5, 5.41) is 9.38. The molecule has 0 atom stereocenters. The van der Waals surface area contributed by atoms with Crippen LogP contribution in [0.25, 0.3) is 22.3 Å². The maximum Gasteiger partial charge on any atom is 0.341 e. The van der Waals surface area contributed by atoms with Crippen molar-refractivity contribution in [3.8, 4) is 33.8 Å². The Balaban J connectivity index is 1.27. The maximum atomic E-state index is 12.5. The lowest BCUT2D eigenvalue weighted by Gasteiger charge is -2.38. The number of carbonyl (C=O) groups excluding carboxylic acids is 2. The van der Waals surface area contributed by atoms with Crippen molar-refractivity contribution in [1.29, 1.82) is 0 Å². The Morgan fingerprint density at radius 2 is 1.35 bits per heavy atom. The van der Waals surface area contributed by atoms with Gasteiger partial charge in [-0.15, -0.1) is 6.58 Å². The fraction of sp³-hybridized carbons (Fsp3) is 0.395. The Morgan fingerprint density at radius 1 is 0.755 bits per heavy atom. The standard InChI is InChI=1S/C43H50O6/c1-4-6-7-31-8-10-32(11-9-31)33-14-18-37(19-15-33)41-28-39(49-43(46)30(3)29-44)24-25-40(41)36-16-12-34(13-17-36)35-20-22-38(23-21-35)47-26-27-48-42(45)5-2/h4-5,12-13,16-17,20-25,28,31-33,37,44H,1-3,6-11,14-15,18-19,26-27,29H2. The smallest absolute Gasteiger partial charge is 0.341 e. The lowest BCUT2D eigenvalue weighted by molar-refractivity contribution is -0.138. The summed E-state index contributed by atoms with van der Waals surface area (Å²) in [5.41, 5.74) is 5.67. The van der Waals surface area contributed by atoms with Gasteiger partial charge in [-0.2, -0.15) is 0 Å². The Bertz CT molecular complexity index is 1570. The van der Waals surface area contributed by atoms with Crippen molar-refractivity contribution in [1.82, 2.24) is 0 Å². The molecule has 0 radical (unpaired) electrons. The van der Waals surface area contributed by atoms with Gasteiger partial charge in [-0.25, -0.2) is 9.59 Å². The fourth-order valence-electron chi connectivity index (χ4n) is 7.60. The first-order valence-electron chi connectivity index (χ1n) is 17.8. The molecule has 3 aromatic rings. The lowest BCUT2D eigenvalue weighted by Crippen LogP contribution is -2.25. The van der Waals surface area contributed by atoms with Gasteiger partial charge in [-0.1, -0.05) is 74.5 Å². The van der Waals surface area contributed by atoms with Gasteiger partial charge in [0.15, 0.2) is 0 Å². The Kier molecular flexibility index (Phi) is 13.1. The summed E-state index contributed by atoms with van der Waals surface area (Å²) >= 11 is 0. The van der Waals surface area contributed by atoms with Crippen LogP contribution >= 0.6 is 0 Å². The number of benzene rings is 3. The first-order chi connectivity index (χ1) is 23.9. The molecule has 0 unspecified atom stereocenters. The highest BCUT2D eigenvalue weighted by atomic mass is 16.6. The Hall–Kier alpha value is -4.42. The maximum absolute atomic E-state index is 12.5. The van der Waals surface area contributed by atoms with Gasteiger partial charge < -0.3 is 19.3 Å². The average Bonchev–Trinajstić information content (AvgIpc) is 3.15. The van der Waals surface area contributed by atoms with E-state index in [-0.39, 0.29) is 18.8 Å². The average molecular weight is 663 g/mol. The molecular weight excluding hydrogens is 612 g/mol. The van der Waals surface area contributed by atoms with E-state index >= 15 is 0 Å². The third kappa shape index (κ3) is 9.82. The number of hydrogen-bond donors (Lipinski definition) is 1. The van der Waals surface area contributed by atoms with Gasteiger partial charge in [-0.3, -0.25) is 0 Å². The van der Waals surface area contributed by atoms with Gasteiger partial charge in [0.25, 0.3) is 0 Å². The molecule has 0 heterocycles. The third-order valence-corrected chi connectivity index (χ3v) is 10.4. The van der Waals surface area contributed by atoms with E-state index in [0.717, 1.165) is 65.3 Å². The molecule has 5 rings (SSSR count). The van der Waals surface area contributed by atoms with Crippen LogP contribution in [0.4, 0.5) is 0 Å². The number of rotatable bonds is 15. The van der Waals surface area contributed by atoms with Crippen LogP contribution in [0, 0.1) is 17.8 Å². The van der Waals surface area contributed by atoms with Crippen molar-refractivity contribution in [2.75, 3.05) is 19.8 Å². The van der Waals surface area contributed by atoms with Crippen LogP contribution in [0.2, 0.25) is 0 Å². The summed E-state index contributed by atoms with van der Waals surface area (Å²) in [4.78, 5) is 23.7. The monoisotopic (exact) mass is 662 g/mol. The minimum atomic E-state index is -0.606. The molecule has 49 heavy (non-hydrogen) atoms. The molecule has 0 saturated heterocycles. The summed E-state index contributed by atoms with van der Waals surface area (Å²) in [6.07, 6.45) is 15.8. The van der Waals surface area contributed by atoms with E-state index in [4.69, 9.17) is 14.2 Å². The fourth-order valence-corrected chi connectivity index (χ4v) is 7.60.